The predicted octanol–water partition coefficient (Wildman–Crippen LogP) is 0.0129. The molecule has 0 aromatic heterocycles. The van der Waals surface area contributed by atoms with Crippen LogP contribution in [0.3, 0.4) is 0 Å². The minimum absolute atomic E-state index is 0.423. The third-order valence-electron chi connectivity index (χ3n) is 0.842. The molecule has 0 radical (unpaired) electrons. The summed E-state index contributed by atoms with van der Waals surface area (Å²) in [4.78, 5) is 23.2. The van der Waals surface area contributed by atoms with Gasteiger partial charge in [0.2, 0.25) is 0 Å². The normalized spacial score (nSPS) is 8.08. The molecule has 0 heterocycles. The number of ether oxygens (including phenoxy) is 2. The number of azide groups is 1. The molecule has 0 fully saturated rings. The quantitative estimate of drug-likeness (QED) is 0.258. The molecule has 0 saturated heterocycles. The highest BCUT2D eigenvalue weighted by Crippen LogP contribution is 1.82. The summed E-state index contributed by atoms with van der Waals surface area (Å²) in [7, 11) is 1.17. The van der Waals surface area contributed by atoms with Crippen molar-refractivity contribution in [3.05, 3.63) is 10.4 Å². The lowest BCUT2D eigenvalue weighted by Gasteiger charge is -1.99. The second-order valence-corrected chi connectivity index (χ2v) is 1.63. The van der Waals surface area contributed by atoms with Gasteiger partial charge in [0, 0.05) is 4.91 Å². The summed E-state index contributed by atoms with van der Waals surface area (Å²) >= 11 is 0. The van der Waals surface area contributed by atoms with Gasteiger partial charge in [0.25, 0.3) is 0 Å². The largest absolute Gasteiger partial charge is 0.466 e. The molecule has 0 spiro atoms. The second-order valence-electron chi connectivity index (χ2n) is 1.63. The van der Waals surface area contributed by atoms with Crippen LogP contribution in [0.25, 0.3) is 10.4 Å². The average Bonchev–Trinajstić information content (AvgIpc) is 2.10. The number of methoxy groups -OCH3 is 1. The Bertz CT molecular complexity index is 221. The highest BCUT2D eigenvalue weighted by molar-refractivity contribution is 5.77. The van der Waals surface area contributed by atoms with E-state index in [-0.39, 0.29) is 0 Å². The zero-order valence-electron chi connectivity index (χ0n) is 6.39. The van der Waals surface area contributed by atoms with Crippen molar-refractivity contribution < 1.29 is 19.1 Å². The van der Waals surface area contributed by atoms with Crippen molar-refractivity contribution in [3.8, 4) is 0 Å². The highest BCUT2D eigenvalue weighted by atomic mass is 16.6. The fraction of sp³-hybridized carbons (Fsp3) is 0.600. The molecular weight excluding hydrogens is 166 g/mol. The third-order valence-corrected chi connectivity index (χ3v) is 0.842. The van der Waals surface area contributed by atoms with Crippen LogP contribution in [0.1, 0.15) is 0 Å². The van der Waals surface area contributed by atoms with Gasteiger partial charge in [0.05, 0.1) is 7.11 Å². The topological polar surface area (TPSA) is 101 Å². The summed E-state index contributed by atoms with van der Waals surface area (Å²) in [6.45, 7) is -0.885. The summed E-state index contributed by atoms with van der Waals surface area (Å²) in [5.41, 5.74) is 7.80. The number of carbonyl (C=O) groups is 2. The number of hydrogen-bond donors (Lipinski definition) is 0. The number of rotatable bonds is 4. The summed E-state index contributed by atoms with van der Waals surface area (Å²) < 4.78 is 8.50. The van der Waals surface area contributed by atoms with E-state index in [4.69, 9.17) is 5.53 Å². The molecule has 66 valence electrons. The van der Waals surface area contributed by atoms with E-state index in [9.17, 15) is 9.59 Å². The zero-order chi connectivity index (χ0) is 9.40. The summed E-state index contributed by atoms with van der Waals surface area (Å²) in [5, 5.41) is 2.93. The van der Waals surface area contributed by atoms with Crippen molar-refractivity contribution in [2.75, 3.05) is 20.3 Å². The van der Waals surface area contributed by atoms with Crippen LogP contribution in [0, 0.1) is 0 Å². The molecule has 0 amide bonds. The first kappa shape index (κ1) is 10.2. The maximum absolute atomic E-state index is 10.5. The maximum Gasteiger partial charge on any atom is 0.344 e. The van der Waals surface area contributed by atoms with Gasteiger partial charge in [-0.3, -0.25) is 4.79 Å². The maximum atomic E-state index is 10.5. The van der Waals surface area contributed by atoms with Crippen molar-refractivity contribution in [2.24, 2.45) is 5.11 Å². The Labute approximate surface area is 67.9 Å². The van der Waals surface area contributed by atoms with E-state index < -0.39 is 25.1 Å². The van der Waals surface area contributed by atoms with Gasteiger partial charge in [-0.2, -0.15) is 0 Å². The van der Waals surface area contributed by atoms with E-state index in [1.807, 2.05) is 0 Å². The molecule has 0 rings (SSSR count). The Morgan fingerprint density at radius 1 is 1.50 bits per heavy atom. The predicted molar refractivity (Wildman–Crippen MR) is 37.0 cm³/mol. The van der Waals surface area contributed by atoms with Gasteiger partial charge >= 0.3 is 11.9 Å². The van der Waals surface area contributed by atoms with E-state index in [1.165, 1.54) is 7.11 Å². The van der Waals surface area contributed by atoms with Crippen LogP contribution in [-0.2, 0) is 19.1 Å². The number of carbonyl (C=O) groups excluding carboxylic acids is 2. The molecule has 0 aromatic carbocycles. The first-order valence-electron chi connectivity index (χ1n) is 2.94. The molecule has 7 heteroatoms. The van der Waals surface area contributed by atoms with Gasteiger partial charge in [0.15, 0.2) is 6.61 Å². The molecule has 0 bridgehead atoms. The first-order chi connectivity index (χ1) is 5.70. The molecular formula is C5H7N3O4. The summed E-state index contributed by atoms with van der Waals surface area (Å²) in [6.07, 6.45) is 0. The standard InChI is InChI=1S/C5H7N3O4/c1-11-5(10)3-12-4(9)2-7-8-6/h2-3H2,1H3. The van der Waals surface area contributed by atoms with Crippen LogP contribution in [0.5, 0.6) is 0 Å². The molecule has 0 aliphatic carbocycles. The zero-order valence-corrected chi connectivity index (χ0v) is 6.39. The Kier molecular flexibility index (Phi) is 5.12. The Morgan fingerprint density at radius 2 is 2.17 bits per heavy atom. The van der Waals surface area contributed by atoms with Gasteiger partial charge < -0.3 is 9.47 Å². The molecule has 7 nitrogen and oxygen atoms in total. The fourth-order valence-electron chi connectivity index (χ4n) is 0.333. The lowest BCUT2D eigenvalue weighted by Crippen LogP contribution is -2.16. The van der Waals surface area contributed by atoms with E-state index >= 15 is 0 Å². The Hall–Kier alpha value is -1.75. The molecule has 12 heavy (non-hydrogen) atoms. The van der Waals surface area contributed by atoms with Gasteiger partial charge in [-0.15, -0.1) is 0 Å². The van der Waals surface area contributed by atoms with E-state index in [0.29, 0.717) is 0 Å². The second kappa shape index (κ2) is 5.99. The van der Waals surface area contributed by atoms with Crippen molar-refractivity contribution in [3.63, 3.8) is 0 Å². The Balaban J connectivity index is 3.57. The van der Waals surface area contributed by atoms with Crippen molar-refractivity contribution in [1.82, 2.24) is 0 Å². The fourth-order valence-corrected chi connectivity index (χ4v) is 0.333. The molecule has 0 aliphatic heterocycles. The summed E-state index contributed by atoms with van der Waals surface area (Å²) in [5.74, 6) is -1.43. The highest BCUT2D eigenvalue weighted by Gasteiger charge is 2.04. The van der Waals surface area contributed by atoms with E-state index in [1.54, 1.807) is 0 Å². The van der Waals surface area contributed by atoms with Crippen molar-refractivity contribution in [2.45, 2.75) is 0 Å². The van der Waals surface area contributed by atoms with E-state index in [0.717, 1.165) is 0 Å². The van der Waals surface area contributed by atoms with Gasteiger partial charge in [-0.05, 0) is 5.53 Å². The van der Waals surface area contributed by atoms with Gasteiger partial charge in [-0.25, -0.2) is 4.79 Å². The molecule has 0 atom stereocenters. The van der Waals surface area contributed by atoms with Crippen LogP contribution in [0.15, 0.2) is 5.11 Å². The van der Waals surface area contributed by atoms with E-state index in [2.05, 4.69) is 19.5 Å². The van der Waals surface area contributed by atoms with Gasteiger partial charge in [0.1, 0.15) is 6.54 Å². The molecule has 0 aliphatic rings. The molecule has 0 N–H and O–H groups in total. The molecule has 0 saturated carbocycles. The first-order valence-corrected chi connectivity index (χ1v) is 2.94. The summed E-state index contributed by atoms with van der Waals surface area (Å²) in [6, 6.07) is 0. The molecule has 0 aromatic rings. The minimum atomic E-state index is -0.766. The van der Waals surface area contributed by atoms with Crippen LogP contribution in [-0.4, -0.2) is 32.2 Å². The number of esters is 2. The average molecular weight is 173 g/mol. The number of nitrogens with zero attached hydrogens (tertiary/aromatic N) is 3. The molecule has 0 unspecified atom stereocenters. The van der Waals surface area contributed by atoms with Crippen LogP contribution >= 0.6 is 0 Å². The lowest BCUT2D eigenvalue weighted by molar-refractivity contribution is -0.156. The number of hydrogen-bond acceptors (Lipinski definition) is 5. The van der Waals surface area contributed by atoms with Crippen LogP contribution < -0.4 is 0 Å². The third kappa shape index (κ3) is 5.07. The van der Waals surface area contributed by atoms with Crippen molar-refractivity contribution in [1.29, 1.82) is 0 Å². The Morgan fingerprint density at radius 3 is 2.67 bits per heavy atom. The SMILES string of the molecule is COC(=O)COC(=O)CN=[N+]=[N-]. The van der Waals surface area contributed by atoms with Gasteiger partial charge in [-0.1, -0.05) is 5.11 Å². The lowest BCUT2D eigenvalue weighted by atomic mass is 10.6. The van der Waals surface area contributed by atoms with Crippen LogP contribution in [0.4, 0.5) is 0 Å². The van der Waals surface area contributed by atoms with Crippen molar-refractivity contribution >= 4 is 11.9 Å². The monoisotopic (exact) mass is 173 g/mol. The van der Waals surface area contributed by atoms with Crippen LogP contribution in [0.2, 0.25) is 0 Å². The smallest absolute Gasteiger partial charge is 0.344 e. The minimum Gasteiger partial charge on any atom is -0.466 e.